The molecule has 0 saturated heterocycles. The van der Waals surface area contributed by atoms with Gasteiger partial charge in [-0.05, 0) is 52.7 Å². The van der Waals surface area contributed by atoms with Gasteiger partial charge in [-0.15, -0.1) is 0 Å². The van der Waals surface area contributed by atoms with Crippen molar-refractivity contribution in [2.75, 3.05) is 0 Å². The lowest BCUT2D eigenvalue weighted by Gasteiger charge is -2.52. The van der Waals surface area contributed by atoms with Crippen molar-refractivity contribution in [1.29, 1.82) is 0 Å². The van der Waals surface area contributed by atoms with Crippen LogP contribution in [-0.4, -0.2) is 8.80 Å². The molecule has 1 heteroatoms. The highest BCUT2D eigenvalue weighted by Crippen LogP contribution is 2.70. The monoisotopic (exact) mass is 345 g/mol. The maximum Gasteiger partial charge on any atom is 0.0452 e. The molecular formula is C24H29Si. The highest BCUT2D eigenvalue weighted by Gasteiger charge is 2.61. The van der Waals surface area contributed by atoms with Crippen LogP contribution in [0.4, 0.5) is 0 Å². The fourth-order valence-corrected chi connectivity index (χ4v) is 9.38. The van der Waals surface area contributed by atoms with Gasteiger partial charge in [0, 0.05) is 14.7 Å². The average molecular weight is 346 g/mol. The first kappa shape index (κ1) is 15.9. The SMILES string of the molecule is C[Si](C)C1CCCC2C3C=CC=CC3CC21C1C=Cc2ccccc21. The molecule has 1 aromatic carbocycles. The third-order valence-electron chi connectivity index (χ3n) is 7.77. The van der Waals surface area contributed by atoms with Crippen molar-refractivity contribution in [3.05, 3.63) is 65.8 Å². The van der Waals surface area contributed by atoms with Crippen LogP contribution in [0.3, 0.4) is 0 Å². The Morgan fingerprint density at radius 3 is 2.72 bits per heavy atom. The molecule has 4 aliphatic carbocycles. The van der Waals surface area contributed by atoms with Gasteiger partial charge in [-0.2, -0.15) is 0 Å². The summed E-state index contributed by atoms with van der Waals surface area (Å²) in [6.45, 7) is 5.16. The van der Waals surface area contributed by atoms with Gasteiger partial charge in [0.2, 0.25) is 0 Å². The number of fused-ring (bicyclic) bond motifs is 4. The number of hydrogen-bond acceptors (Lipinski definition) is 0. The second kappa shape index (κ2) is 5.84. The molecule has 0 heterocycles. The quantitative estimate of drug-likeness (QED) is 0.539. The number of allylic oxidation sites excluding steroid dienone is 5. The molecule has 0 nitrogen and oxygen atoms in total. The maximum atomic E-state index is 2.59. The van der Waals surface area contributed by atoms with Crippen molar-refractivity contribution in [1.82, 2.24) is 0 Å². The molecule has 25 heavy (non-hydrogen) atoms. The van der Waals surface area contributed by atoms with E-state index in [0.29, 0.717) is 11.3 Å². The van der Waals surface area contributed by atoms with E-state index in [-0.39, 0.29) is 8.80 Å². The van der Waals surface area contributed by atoms with Crippen LogP contribution in [0.15, 0.2) is 54.6 Å². The van der Waals surface area contributed by atoms with Crippen LogP contribution in [0.2, 0.25) is 18.6 Å². The Bertz CT molecular complexity index is 755. The van der Waals surface area contributed by atoms with Crippen molar-refractivity contribution in [3.8, 4) is 0 Å². The first-order valence-corrected chi connectivity index (χ1v) is 12.7. The fraction of sp³-hybridized carbons (Fsp3) is 0.500. The normalized spacial score (nSPS) is 41.0. The van der Waals surface area contributed by atoms with Gasteiger partial charge in [-0.25, -0.2) is 0 Å². The highest BCUT2D eigenvalue weighted by molar-refractivity contribution is 6.57. The molecule has 2 saturated carbocycles. The summed E-state index contributed by atoms with van der Waals surface area (Å²) >= 11 is 0. The van der Waals surface area contributed by atoms with E-state index in [4.69, 9.17) is 0 Å². The van der Waals surface area contributed by atoms with Crippen molar-refractivity contribution in [2.24, 2.45) is 23.2 Å². The molecular weight excluding hydrogens is 316 g/mol. The first-order chi connectivity index (χ1) is 12.2. The van der Waals surface area contributed by atoms with E-state index in [1.54, 1.807) is 5.56 Å². The zero-order valence-electron chi connectivity index (χ0n) is 15.5. The zero-order valence-corrected chi connectivity index (χ0v) is 16.5. The maximum absolute atomic E-state index is 2.59. The van der Waals surface area contributed by atoms with E-state index in [2.05, 4.69) is 73.8 Å². The molecule has 1 aromatic rings. The molecule has 4 aliphatic rings. The molecule has 0 bridgehead atoms. The Morgan fingerprint density at radius 1 is 1.00 bits per heavy atom. The topological polar surface area (TPSA) is 0 Å². The third kappa shape index (κ3) is 2.18. The molecule has 1 radical (unpaired) electrons. The van der Waals surface area contributed by atoms with Crippen LogP contribution < -0.4 is 0 Å². The molecule has 0 spiro atoms. The van der Waals surface area contributed by atoms with E-state index >= 15 is 0 Å². The zero-order chi connectivity index (χ0) is 17.0. The minimum absolute atomic E-state index is 0.308. The van der Waals surface area contributed by atoms with Crippen LogP contribution >= 0.6 is 0 Å². The highest BCUT2D eigenvalue weighted by atomic mass is 28.3. The van der Waals surface area contributed by atoms with Crippen LogP contribution in [0, 0.1) is 23.2 Å². The molecule has 0 aliphatic heterocycles. The van der Waals surface area contributed by atoms with Crippen molar-refractivity contribution < 1.29 is 0 Å². The van der Waals surface area contributed by atoms with Crippen LogP contribution in [-0.2, 0) is 0 Å². The molecule has 0 amide bonds. The molecule has 129 valence electrons. The summed E-state index contributed by atoms with van der Waals surface area (Å²) in [7, 11) is -0.308. The number of rotatable bonds is 2. The standard InChI is InChI=1S/C24H29Si/c1-25(2)23-13-7-12-21-20-11-6-4-9-18(20)16-24(21,23)22-15-14-17-8-3-5-10-19(17)22/h3-6,8-11,14-15,18,20-23H,7,12-13,16H2,1-2H3. The van der Waals surface area contributed by atoms with Crippen molar-refractivity contribution >= 4 is 14.9 Å². The smallest absolute Gasteiger partial charge is 0.0452 e. The minimum atomic E-state index is -0.308. The van der Waals surface area contributed by atoms with Gasteiger partial charge in [0.1, 0.15) is 0 Å². The van der Waals surface area contributed by atoms with Gasteiger partial charge in [-0.1, -0.05) is 86.7 Å². The lowest BCUT2D eigenvalue weighted by Crippen LogP contribution is -2.44. The predicted octanol–water partition coefficient (Wildman–Crippen LogP) is 6.47. The summed E-state index contributed by atoms with van der Waals surface area (Å²) in [5, 5.41) is 0. The average Bonchev–Trinajstić information content (AvgIpc) is 3.20. The Balaban J connectivity index is 1.67. The molecule has 6 atom stereocenters. The van der Waals surface area contributed by atoms with Crippen LogP contribution in [0.25, 0.3) is 6.08 Å². The Morgan fingerprint density at radius 2 is 1.84 bits per heavy atom. The van der Waals surface area contributed by atoms with Gasteiger partial charge in [0.15, 0.2) is 0 Å². The van der Waals surface area contributed by atoms with E-state index < -0.39 is 0 Å². The summed E-state index contributed by atoms with van der Waals surface area (Å²) < 4.78 is 0. The molecule has 2 fully saturated rings. The fourth-order valence-electron chi connectivity index (χ4n) is 7.02. The molecule has 5 rings (SSSR count). The van der Waals surface area contributed by atoms with E-state index in [1.807, 2.05) is 0 Å². The summed E-state index contributed by atoms with van der Waals surface area (Å²) in [6, 6.07) is 9.20. The molecule has 0 aromatic heterocycles. The lowest BCUT2D eigenvalue weighted by atomic mass is 9.58. The molecule has 6 unspecified atom stereocenters. The Labute approximate surface area is 154 Å². The van der Waals surface area contributed by atoms with Gasteiger partial charge < -0.3 is 0 Å². The molecule has 0 N–H and O–H groups in total. The number of benzene rings is 1. The Kier molecular flexibility index (Phi) is 3.71. The van der Waals surface area contributed by atoms with Gasteiger partial charge >= 0.3 is 0 Å². The van der Waals surface area contributed by atoms with Crippen LogP contribution in [0.5, 0.6) is 0 Å². The summed E-state index contributed by atoms with van der Waals surface area (Å²) in [6.07, 6.45) is 20.5. The predicted molar refractivity (Wildman–Crippen MR) is 109 cm³/mol. The summed E-state index contributed by atoms with van der Waals surface area (Å²) in [5.41, 5.74) is 4.54. The second-order valence-electron chi connectivity index (χ2n) is 8.96. The van der Waals surface area contributed by atoms with Crippen molar-refractivity contribution in [2.45, 2.75) is 50.2 Å². The third-order valence-corrected chi connectivity index (χ3v) is 9.99. The van der Waals surface area contributed by atoms with Crippen molar-refractivity contribution in [3.63, 3.8) is 0 Å². The van der Waals surface area contributed by atoms with Gasteiger partial charge in [0.25, 0.3) is 0 Å². The number of hydrogen-bond donors (Lipinski definition) is 0. The minimum Gasteiger partial charge on any atom is -0.0808 e. The van der Waals surface area contributed by atoms with Crippen LogP contribution in [0.1, 0.15) is 42.7 Å². The second-order valence-corrected chi connectivity index (χ2v) is 11.8. The Hall–Kier alpha value is -1.34. The summed E-state index contributed by atoms with van der Waals surface area (Å²) in [4.78, 5) is 0. The van der Waals surface area contributed by atoms with E-state index in [1.165, 1.54) is 31.2 Å². The van der Waals surface area contributed by atoms with E-state index in [0.717, 1.165) is 23.3 Å². The van der Waals surface area contributed by atoms with E-state index in [9.17, 15) is 0 Å². The van der Waals surface area contributed by atoms with Gasteiger partial charge in [-0.3, -0.25) is 0 Å². The summed E-state index contributed by atoms with van der Waals surface area (Å²) in [5.74, 6) is 3.08. The van der Waals surface area contributed by atoms with Gasteiger partial charge in [0.05, 0.1) is 0 Å². The lowest BCUT2D eigenvalue weighted by molar-refractivity contribution is 0.0952. The largest absolute Gasteiger partial charge is 0.0808 e. The first-order valence-electron chi connectivity index (χ1n) is 10.1.